The molecular formula is C29H50O. The van der Waals surface area contributed by atoms with Crippen LogP contribution in [0, 0.1) is 51.8 Å². The van der Waals surface area contributed by atoms with Crippen LogP contribution in [-0.4, -0.2) is 11.2 Å². The van der Waals surface area contributed by atoms with Crippen LogP contribution in [0.3, 0.4) is 0 Å². The van der Waals surface area contributed by atoms with Gasteiger partial charge in [0.1, 0.15) is 0 Å². The van der Waals surface area contributed by atoms with Gasteiger partial charge in [-0.3, -0.25) is 0 Å². The topological polar surface area (TPSA) is 20.2 Å². The highest BCUT2D eigenvalue weighted by Gasteiger charge is 2.63. The van der Waals surface area contributed by atoms with Gasteiger partial charge in [-0.2, -0.15) is 0 Å². The van der Waals surface area contributed by atoms with Gasteiger partial charge in [-0.1, -0.05) is 79.4 Å². The molecule has 1 N–H and O–H groups in total. The number of allylic oxidation sites excluding steroid dienone is 2. The Labute approximate surface area is 187 Å². The second-order valence-corrected chi connectivity index (χ2v) is 13.3. The predicted octanol–water partition coefficient (Wildman–Crippen LogP) is 8.02. The predicted molar refractivity (Wildman–Crippen MR) is 128 cm³/mol. The molecule has 0 aromatic rings. The summed E-state index contributed by atoms with van der Waals surface area (Å²) in [5.74, 6) is 4.53. The van der Waals surface area contributed by atoms with Crippen molar-refractivity contribution in [2.45, 2.75) is 119 Å². The Morgan fingerprint density at radius 2 is 1.70 bits per heavy atom. The highest BCUT2D eigenvalue weighted by atomic mass is 16.3. The van der Waals surface area contributed by atoms with Crippen LogP contribution < -0.4 is 0 Å². The SMILES string of the molecule is CC(C)CCCC(C)C1CCC2(C)C3CCC4C(C)C(O)CCC4(C)C3=CCC12C. The normalized spacial score (nSPS) is 49.2. The third-order valence-electron chi connectivity index (χ3n) is 11.6. The minimum atomic E-state index is -0.0767. The van der Waals surface area contributed by atoms with Gasteiger partial charge in [-0.25, -0.2) is 0 Å². The van der Waals surface area contributed by atoms with Crippen molar-refractivity contribution in [2.24, 2.45) is 51.8 Å². The maximum absolute atomic E-state index is 10.6. The van der Waals surface area contributed by atoms with Gasteiger partial charge in [0.05, 0.1) is 6.10 Å². The smallest absolute Gasteiger partial charge is 0.0569 e. The quantitative estimate of drug-likeness (QED) is 0.451. The summed E-state index contributed by atoms with van der Waals surface area (Å²) in [6.45, 7) is 17.6. The summed E-state index contributed by atoms with van der Waals surface area (Å²) in [6, 6.07) is 0. The summed E-state index contributed by atoms with van der Waals surface area (Å²) in [5, 5.41) is 10.6. The van der Waals surface area contributed by atoms with Gasteiger partial charge < -0.3 is 5.11 Å². The van der Waals surface area contributed by atoms with Crippen molar-refractivity contribution in [3.05, 3.63) is 11.6 Å². The van der Waals surface area contributed by atoms with E-state index in [1.165, 1.54) is 57.8 Å². The summed E-state index contributed by atoms with van der Waals surface area (Å²) < 4.78 is 0. The van der Waals surface area contributed by atoms with Crippen LogP contribution in [-0.2, 0) is 0 Å². The van der Waals surface area contributed by atoms with Crippen LogP contribution in [0.5, 0.6) is 0 Å². The van der Waals surface area contributed by atoms with Crippen molar-refractivity contribution >= 4 is 0 Å². The molecule has 4 aliphatic carbocycles. The summed E-state index contributed by atoms with van der Waals surface area (Å²) in [4.78, 5) is 0. The second-order valence-electron chi connectivity index (χ2n) is 13.3. The third-order valence-corrected chi connectivity index (χ3v) is 11.6. The van der Waals surface area contributed by atoms with Gasteiger partial charge in [-0.05, 0) is 96.7 Å². The summed E-state index contributed by atoms with van der Waals surface area (Å²) in [6.07, 6.45) is 16.0. The van der Waals surface area contributed by atoms with Crippen LogP contribution in [0.2, 0.25) is 0 Å². The van der Waals surface area contributed by atoms with Crippen LogP contribution in [0.15, 0.2) is 11.6 Å². The lowest BCUT2D eigenvalue weighted by atomic mass is 9.43. The Kier molecular flexibility index (Phi) is 6.05. The zero-order chi connectivity index (χ0) is 21.9. The molecule has 0 radical (unpaired) electrons. The average molecular weight is 415 g/mol. The lowest BCUT2D eigenvalue weighted by Gasteiger charge is -2.62. The van der Waals surface area contributed by atoms with E-state index in [-0.39, 0.29) is 6.10 Å². The molecule has 172 valence electrons. The Bertz CT molecular complexity index is 663. The number of rotatable bonds is 5. The van der Waals surface area contributed by atoms with Crippen LogP contribution in [0.25, 0.3) is 0 Å². The van der Waals surface area contributed by atoms with Gasteiger partial charge >= 0.3 is 0 Å². The molecule has 0 saturated heterocycles. The Morgan fingerprint density at radius 1 is 0.967 bits per heavy atom. The molecule has 0 aromatic heterocycles. The molecule has 9 atom stereocenters. The summed E-state index contributed by atoms with van der Waals surface area (Å²) >= 11 is 0. The van der Waals surface area contributed by atoms with Crippen LogP contribution in [0.4, 0.5) is 0 Å². The molecule has 3 saturated carbocycles. The highest BCUT2D eigenvalue weighted by molar-refractivity contribution is 5.32. The summed E-state index contributed by atoms with van der Waals surface area (Å²) in [5.41, 5.74) is 3.11. The van der Waals surface area contributed by atoms with Crippen molar-refractivity contribution in [1.29, 1.82) is 0 Å². The van der Waals surface area contributed by atoms with Crippen LogP contribution >= 0.6 is 0 Å². The molecule has 9 unspecified atom stereocenters. The van der Waals surface area contributed by atoms with E-state index >= 15 is 0 Å². The van der Waals surface area contributed by atoms with Crippen molar-refractivity contribution in [2.75, 3.05) is 0 Å². The van der Waals surface area contributed by atoms with Gasteiger partial charge in [0.25, 0.3) is 0 Å². The lowest BCUT2D eigenvalue weighted by molar-refractivity contribution is -0.0780. The van der Waals surface area contributed by atoms with E-state index in [4.69, 9.17) is 0 Å². The number of aliphatic hydroxyl groups is 1. The minimum absolute atomic E-state index is 0.0767. The average Bonchev–Trinajstić information content (AvgIpc) is 2.96. The van der Waals surface area contributed by atoms with Crippen molar-refractivity contribution in [3.63, 3.8) is 0 Å². The molecular weight excluding hydrogens is 364 g/mol. The molecule has 1 nitrogen and oxygen atoms in total. The van der Waals surface area contributed by atoms with Gasteiger partial charge in [0, 0.05) is 0 Å². The first-order valence-electron chi connectivity index (χ1n) is 13.4. The van der Waals surface area contributed by atoms with Crippen LogP contribution in [0.1, 0.15) is 113 Å². The Hall–Kier alpha value is -0.300. The summed E-state index contributed by atoms with van der Waals surface area (Å²) in [7, 11) is 0. The van der Waals surface area contributed by atoms with Gasteiger partial charge in [0.15, 0.2) is 0 Å². The van der Waals surface area contributed by atoms with Crippen molar-refractivity contribution < 1.29 is 5.11 Å². The standard InChI is InChI=1S/C29H50O/c1-19(2)9-8-10-20(3)22-13-17-29(7)25-12-11-23-21(4)26(30)15-16-27(23,5)24(25)14-18-28(22,29)6/h14,19-23,25-26,30H,8-13,15-18H2,1-7H3. The van der Waals surface area contributed by atoms with E-state index in [9.17, 15) is 5.11 Å². The maximum Gasteiger partial charge on any atom is 0.0569 e. The van der Waals surface area contributed by atoms with E-state index in [1.807, 2.05) is 5.57 Å². The van der Waals surface area contributed by atoms with Gasteiger partial charge in [0.2, 0.25) is 0 Å². The molecule has 0 spiro atoms. The Balaban J connectivity index is 1.59. The van der Waals surface area contributed by atoms with E-state index in [0.29, 0.717) is 28.1 Å². The maximum atomic E-state index is 10.6. The Morgan fingerprint density at radius 3 is 2.40 bits per heavy atom. The highest BCUT2D eigenvalue weighted by Crippen LogP contribution is 2.72. The zero-order valence-corrected chi connectivity index (χ0v) is 21.1. The van der Waals surface area contributed by atoms with E-state index in [2.05, 4.69) is 54.5 Å². The molecule has 1 heteroatoms. The molecule has 30 heavy (non-hydrogen) atoms. The number of aliphatic hydroxyl groups excluding tert-OH is 1. The van der Waals surface area contributed by atoms with Crippen molar-refractivity contribution in [3.8, 4) is 0 Å². The molecule has 0 amide bonds. The number of fused-ring (bicyclic) bond motifs is 5. The minimum Gasteiger partial charge on any atom is -0.393 e. The fourth-order valence-electron chi connectivity index (χ4n) is 9.34. The molecule has 0 bridgehead atoms. The first-order chi connectivity index (χ1) is 14.0. The third kappa shape index (κ3) is 3.27. The monoisotopic (exact) mass is 414 g/mol. The largest absolute Gasteiger partial charge is 0.393 e. The second kappa shape index (κ2) is 7.93. The lowest BCUT2D eigenvalue weighted by Crippen LogP contribution is -2.55. The van der Waals surface area contributed by atoms with E-state index in [1.54, 1.807) is 0 Å². The molecule has 0 heterocycles. The fourth-order valence-corrected chi connectivity index (χ4v) is 9.34. The molecule has 3 fully saturated rings. The first kappa shape index (κ1) is 22.9. The van der Waals surface area contributed by atoms with E-state index in [0.717, 1.165) is 30.1 Å². The van der Waals surface area contributed by atoms with Gasteiger partial charge in [-0.15, -0.1) is 0 Å². The molecule has 4 aliphatic rings. The molecule has 4 rings (SSSR count). The van der Waals surface area contributed by atoms with E-state index < -0.39 is 0 Å². The molecule has 0 aliphatic heterocycles. The fraction of sp³-hybridized carbons (Fsp3) is 0.931. The molecule has 0 aromatic carbocycles. The van der Waals surface area contributed by atoms with Crippen molar-refractivity contribution in [1.82, 2.24) is 0 Å². The number of hydrogen-bond donors (Lipinski definition) is 1. The zero-order valence-electron chi connectivity index (χ0n) is 21.1. The first-order valence-corrected chi connectivity index (χ1v) is 13.4. The number of hydrogen-bond acceptors (Lipinski definition) is 1.